The molecule has 1 amide bonds. The summed E-state index contributed by atoms with van der Waals surface area (Å²) in [5.41, 5.74) is 11.3. The third kappa shape index (κ3) is 6.14. The first-order valence-electron chi connectivity index (χ1n) is 7.46. The predicted molar refractivity (Wildman–Crippen MR) is 105 cm³/mol. The molecule has 24 heavy (non-hydrogen) atoms. The van der Waals surface area contributed by atoms with Crippen LogP contribution >= 0.6 is 36.2 Å². The quantitative estimate of drug-likeness (QED) is 0.359. The molecule has 0 heterocycles. The zero-order valence-electron chi connectivity index (χ0n) is 13.0. The molecule has 1 aromatic carbocycles. The number of anilines is 1. The van der Waals surface area contributed by atoms with Gasteiger partial charge in [0.25, 0.3) is 5.91 Å². The second-order valence-electron chi connectivity index (χ2n) is 5.47. The van der Waals surface area contributed by atoms with Crippen LogP contribution in [0.15, 0.2) is 23.2 Å². The highest BCUT2D eigenvalue weighted by Crippen LogP contribution is 2.24. The fraction of sp³-hybridized carbons (Fsp3) is 0.400. The maximum atomic E-state index is 11.9. The molecule has 9 heteroatoms. The van der Waals surface area contributed by atoms with Crippen LogP contribution in [0.2, 0.25) is 5.02 Å². The first-order valence-corrected chi connectivity index (χ1v) is 8.25. The number of nitrogens with one attached hydrogen (secondary N) is 2. The molecule has 0 aromatic heterocycles. The van der Waals surface area contributed by atoms with Gasteiger partial charge in [-0.05, 0) is 43.3 Å². The molecule has 0 atom stereocenters. The second kappa shape index (κ2) is 9.66. The van der Waals surface area contributed by atoms with Crippen LogP contribution in [-0.2, 0) is 0 Å². The van der Waals surface area contributed by atoms with E-state index >= 15 is 0 Å². The van der Waals surface area contributed by atoms with Crippen LogP contribution < -0.4 is 22.1 Å². The van der Waals surface area contributed by atoms with Crippen molar-refractivity contribution >= 4 is 58.9 Å². The maximum absolute atomic E-state index is 11.9. The number of hydrogen-bond acceptors (Lipinski definition) is 2. The Balaban J connectivity index is 0.00000288. The van der Waals surface area contributed by atoms with Gasteiger partial charge in [-0.2, -0.15) is 4.99 Å². The molecule has 2 rings (SSSR count). The fourth-order valence-electron chi connectivity index (χ4n) is 2.53. The highest BCUT2D eigenvalue weighted by molar-refractivity contribution is 7.80. The van der Waals surface area contributed by atoms with Crippen LogP contribution in [0.1, 0.15) is 42.5 Å². The molecule has 6 nitrogen and oxygen atoms in total. The number of halogens is 2. The van der Waals surface area contributed by atoms with Gasteiger partial charge in [0.1, 0.15) is 0 Å². The summed E-state index contributed by atoms with van der Waals surface area (Å²) in [6.07, 6.45) is 5.92. The Bertz CT molecular complexity index is 628. The molecule has 132 valence electrons. The maximum Gasteiger partial charge on any atom is 0.280 e. The molecule has 1 aromatic rings. The Hall–Kier alpha value is -1.57. The van der Waals surface area contributed by atoms with Crippen molar-refractivity contribution < 1.29 is 4.79 Å². The van der Waals surface area contributed by atoms with E-state index in [2.05, 4.69) is 15.6 Å². The van der Waals surface area contributed by atoms with Crippen molar-refractivity contribution in [2.75, 3.05) is 5.32 Å². The van der Waals surface area contributed by atoms with Crippen molar-refractivity contribution in [2.45, 2.75) is 38.1 Å². The fourth-order valence-corrected chi connectivity index (χ4v) is 2.97. The number of nitrogens with zero attached hydrogens (tertiary/aromatic N) is 1. The molecule has 1 fully saturated rings. The van der Waals surface area contributed by atoms with E-state index in [9.17, 15) is 4.79 Å². The minimum Gasteiger partial charge on any atom is -0.370 e. The van der Waals surface area contributed by atoms with E-state index in [1.54, 1.807) is 18.2 Å². The third-order valence-corrected chi connectivity index (χ3v) is 4.18. The lowest BCUT2D eigenvalue weighted by molar-refractivity contribution is 0.100. The Morgan fingerprint density at radius 2 is 1.92 bits per heavy atom. The van der Waals surface area contributed by atoms with E-state index in [1.807, 2.05) is 0 Å². The number of amides is 1. The van der Waals surface area contributed by atoms with Crippen LogP contribution in [0.5, 0.6) is 0 Å². The Kier molecular flexibility index (Phi) is 8.24. The minimum absolute atomic E-state index is 0. The van der Waals surface area contributed by atoms with Gasteiger partial charge >= 0.3 is 0 Å². The summed E-state index contributed by atoms with van der Waals surface area (Å²) in [7, 11) is 0. The van der Waals surface area contributed by atoms with E-state index in [-0.39, 0.29) is 18.4 Å². The van der Waals surface area contributed by atoms with Crippen molar-refractivity contribution in [3.63, 3.8) is 0 Å². The van der Waals surface area contributed by atoms with Crippen molar-refractivity contribution in [3.05, 3.63) is 28.8 Å². The lowest BCUT2D eigenvalue weighted by Gasteiger charge is -2.24. The number of rotatable bonds is 3. The van der Waals surface area contributed by atoms with Crippen molar-refractivity contribution in [3.8, 4) is 0 Å². The lowest BCUT2D eigenvalue weighted by atomic mass is 9.96. The average molecular weight is 390 g/mol. The van der Waals surface area contributed by atoms with E-state index < -0.39 is 5.91 Å². The van der Waals surface area contributed by atoms with Crippen LogP contribution in [0.3, 0.4) is 0 Å². The molecule has 0 radical (unpaired) electrons. The molecular weight excluding hydrogens is 369 g/mol. The molecular formula is C15H21Cl2N5OS. The van der Waals surface area contributed by atoms with Crippen LogP contribution in [0, 0.1) is 0 Å². The average Bonchev–Trinajstić information content (AvgIpc) is 2.49. The molecule has 1 aliphatic carbocycles. The molecule has 0 aliphatic heterocycles. The van der Waals surface area contributed by atoms with Gasteiger partial charge in [-0.15, -0.1) is 12.4 Å². The summed E-state index contributed by atoms with van der Waals surface area (Å²) in [5, 5.41) is 7.26. The first kappa shape index (κ1) is 20.5. The van der Waals surface area contributed by atoms with Gasteiger partial charge in [0.05, 0.1) is 10.7 Å². The van der Waals surface area contributed by atoms with E-state index in [0.29, 0.717) is 27.4 Å². The number of thiocarbonyl (C=S) groups is 1. The molecule has 1 saturated carbocycles. The Labute approximate surface area is 157 Å². The minimum atomic E-state index is -0.532. The zero-order chi connectivity index (χ0) is 16.8. The van der Waals surface area contributed by atoms with Gasteiger partial charge in [-0.1, -0.05) is 30.9 Å². The number of nitrogens with two attached hydrogens (primary N) is 2. The topological polar surface area (TPSA) is 106 Å². The highest BCUT2D eigenvalue weighted by Gasteiger charge is 2.15. The Morgan fingerprint density at radius 1 is 1.25 bits per heavy atom. The van der Waals surface area contributed by atoms with Crippen LogP contribution in [-0.4, -0.2) is 23.0 Å². The molecule has 1 aliphatic rings. The smallest absolute Gasteiger partial charge is 0.280 e. The second-order valence-corrected chi connectivity index (χ2v) is 6.29. The molecule has 6 N–H and O–H groups in total. The molecule has 0 bridgehead atoms. The first-order chi connectivity index (χ1) is 11.0. The van der Waals surface area contributed by atoms with Crippen molar-refractivity contribution in [2.24, 2.45) is 16.5 Å². The molecule has 0 saturated heterocycles. The lowest BCUT2D eigenvalue weighted by Crippen LogP contribution is -2.38. The van der Waals surface area contributed by atoms with E-state index in [4.69, 9.17) is 35.3 Å². The molecule has 0 spiro atoms. The predicted octanol–water partition coefficient (Wildman–Crippen LogP) is 2.79. The van der Waals surface area contributed by atoms with Gasteiger partial charge in [-0.3, -0.25) is 4.79 Å². The number of carbonyl (C=O) groups excluding carboxylic acids is 1. The summed E-state index contributed by atoms with van der Waals surface area (Å²) < 4.78 is 0. The summed E-state index contributed by atoms with van der Waals surface area (Å²) in [6.45, 7) is 0. The van der Waals surface area contributed by atoms with E-state index in [0.717, 1.165) is 12.8 Å². The Morgan fingerprint density at radius 3 is 2.54 bits per heavy atom. The largest absolute Gasteiger partial charge is 0.370 e. The summed E-state index contributed by atoms with van der Waals surface area (Å²) in [6, 6.07) is 5.11. The number of benzene rings is 1. The number of guanidine groups is 1. The van der Waals surface area contributed by atoms with Gasteiger partial charge in [-0.25, -0.2) is 0 Å². The van der Waals surface area contributed by atoms with Gasteiger partial charge in [0.2, 0.25) is 0 Å². The standard InChI is InChI=1S/C15H20ClN5OS.ClH/c16-11-7-6-9(13(22)21-14(17)18)8-12(11)20-15(23)19-10-4-2-1-3-5-10;/h6-8,10H,1-5H2,(H2,19,20,23)(H4,17,18,21,22);1H. The number of carbonyl (C=O) groups is 1. The van der Waals surface area contributed by atoms with Gasteiger partial charge in [0.15, 0.2) is 11.1 Å². The van der Waals surface area contributed by atoms with Crippen molar-refractivity contribution in [1.82, 2.24) is 5.32 Å². The zero-order valence-corrected chi connectivity index (χ0v) is 15.4. The van der Waals surface area contributed by atoms with Gasteiger partial charge in [0, 0.05) is 11.6 Å². The number of aliphatic imine (C=N–C) groups is 1. The monoisotopic (exact) mass is 389 g/mol. The summed E-state index contributed by atoms with van der Waals surface area (Å²) in [5.74, 6) is -0.815. The van der Waals surface area contributed by atoms with Crippen LogP contribution in [0.4, 0.5) is 5.69 Å². The SMILES string of the molecule is Cl.NC(N)=NC(=O)c1ccc(Cl)c(NC(=S)NC2CCCCC2)c1. The third-order valence-electron chi connectivity index (χ3n) is 3.63. The normalized spacial score (nSPS) is 14.2. The highest BCUT2D eigenvalue weighted by atomic mass is 35.5. The van der Waals surface area contributed by atoms with Crippen LogP contribution in [0.25, 0.3) is 0 Å². The van der Waals surface area contributed by atoms with Crippen molar-refractivity contribution in [1.29, 1.82) is 0 Å². The van der Waals surface area contributed by atoms with E-state index in [1.165, 1.54) is 19.3 Å². The van der Waals surface area contributed by atoms with Gasteiger partial charge < -0.3 is 22.1 Å². The summed E-state index contributed by atoms with van der Waals surface area (Å²) >= 11 is 11.5. The number of hydrogen-bond donors (Lipinski definition) is 4. The molecule has 0 unspecified atom stereocenters. The summed E-state index contributed by atoms with van der Waals surface area (Å²) in [4.78, 5) is 15.4.